The number of carboxylic acids is 1. The van der Waals surface area contributed by atoms with Crippen molar-refractivity contribution in [2.45, 2.75) is 20.3 Å². The molecule has 1 aromatic carbocycles. The zero-order chi connectivity index (χ0) is 14.0. The van der Waals surface area contributed by atoms with Crippen molar-refractivity contribution in [1.29, 1.82) is 0 Å². The van der Waals surface area contributed by atoms with E-state index in [-0.39, 0.29) is 5.56 Å². The molecule has 0 radical (unpaired) electrons. The van der Waals surface area contributed by atoms with Crippen molar-refractivity contribution in [3.8, 4) is 5.75 Å². The molecule has 104 valence electrons. The van der Waals surface area contributed by atoms with Gasteiger partial charge in [-0.15, -0.1) is 0 Å². The smallest absolute Gasteiger partial charge is 0.341 e. The lowest BCUT2D eigenvalue weighted by molar-refractivity contribution is 0.0693. The van der Waals surface area contributed by atoms with E-state index in [0.29, 0.717) is 17.6 Å². The summed E-state index contributed by atoms with van der Waals surface area (Å²) in [6.45, 7) is 6.22. The second-order valence-electron chi connectivity index (χ2n) is 5.51. The van der Waals surface area contributed by atoms with Crippen LogP contribution in [0, 0.1) is 11.8 Å². The minimum absolute atomic E-state index is 0.270. The Morgan fingerprint density at radius 3 is 2.47 bits per heavy atom. The van der Waals surface area contributed by atoms with Crippen molar-refractivity contribution >= 4 is 11.7 Å². The number of hydrogen-bond donors (Lipinski definition) is 1. The van der Waals surface area contributed by atoms with E-state index in [9.17, 15) is 9.90 Å². The average molecular weight is 263 g/mol. The number of piperidine rings is 1. The van der Waals surface area contributed by atoms with Crippen molar-refractivity contribution < 1.29 is 14.6 Å². The Bertz CT molecular complexity index is 462. The summed E-state index contributed by atoms with van der Waals surface area (Å²) >= 11 is 0. The molecule has 1 heterocycles. The molecule has 19 heavy (non-hydrogen) atoms. The highest BCUT2D eigenvalue weighted by atomic mass is 16.5. The molecule has 0 aliphatic carbocycles. The lowest BCUT2D eigenvalue weighted by Gasteiger charge is -2.37. The Hall–Kier alpha value is -1.71. The number of anilines is 1. The van der Waals surface area contributed by atoms with Crippen LogP contribution in [0.25, 0.3) is 0 Å². The van der Waals surface area contributed by atoms with E-state index in [1.54, 1.807) is 6.07 Å². The third-order valence-electron chi connectivity index (χ3n) is 3.65. The zero-order valence-electron chi connectivity index (χ0n) is 11.7. The molecular formula is C15H21NO3. The van der Waals surface area contributed by atoms with E-state index >= 15 is 0 Å². The van der Waals surface area contributed by atoms with Crippen LogP contribution in [0.1, 0.15) is 30.6 Å². The fourth-order valence-corrected chi connectivity index (χ4v) is 3.03. The Balaban J connectivity index is 2.41. The van der Waals surface area contributed by atoms with Gasteiger partial charge < -0.3 is 14.7 Å². The number of nitrogens with zero attached hydrogens (tertiary/aromatic N) is 1. The van der Waals surface area contributed by atoms with Crippen molar-refractivity contribution in [3.05, 3.63) is 23.8 Å². The molecule has 0 bridgehead atoms. The van der Waals surface area contributed by atoms with Gasteiger partial charge in [-0.3, -0.25) is 0 Å². The van der Waals surface area contributed by atoms with Crippen molar-refractivity contribution in [2.75, 3.05) is 25.1 Å². The normalized spacial score (nSPS) is 23.2. The summed E-state index contributed by atoms with van der Waals surface area (Å²) in [5.41, 5.74) is 1.04. The van der Waals surface area contributed by atoms with Gasteiger partial charge in [0.05, 0.1) is 12.8 Å². The molecule has 4 nitrogen and oxygen atoms in total. The Kier molecular flexibility index (Phi) is 3.98. The summed E-state index contributed by atoms with van der Waals surface area (Å²) in [6, 6.07) is 5.42. The first kappa shape index (κ1) is 13.7. The van der Waals surface area contributed by atoms with Crippen molar-refractivity contribution in [3.63, 3.8) is 0 Å². The van der Waals surface area contributed by atoms with Crippen LogP contribution in [0.2, 0.25) is 0 Å². The fourth-order valence-electron chi connectivity index (χ4n) is 3.03. The summed E-state index contributed by atoms with van der Waals surface area (Å²) in [4.78, 5) is 13.7. The SMILES string of the molecule is COc1cccc(N2CC(C)CC(C)C2)c1C(=O)O. The van der Waals surface area contributed by atoms with Gasteiger partial charge >= 0.3 is 5.97 Å². The summed E-state index contributed by atoms with van der Waals surface area (Å²) < 4.78 is 5.18. The maximum absolute atomic E-state index is 11.5. The van der Waals surface area contributed by atoms with Crippen LogP contribution in [0.15, 0.2) is 18.2 Å². The van der Waals surface area contributed by atoms with Gasteiger partial charge in [-0.1, -0.05) is 19.9 Å². The van der Waals surface area contributed by atoms with Crippen molar-refractivity contribution in [1.82, 2.24) is 0 Å². The minimum Gasteiger partial charge on any atom is -0.496 e. The zero-order valence-corrected chi connectivity index (χ0v) is 11.7. The lowest BCUT2D eigenvalue weighted by Crippen LogP contribution is -2.39. The van der Waals surface area contributed by atoms with E-state index in [2.05, 4.69) is 18.7 Å². The molecule has 1 saturated heterocycles. The summed E-state index contributed by atoms with van der Waals surface area (Å²) in [5.74, 6) is 0.655. The van der Waals surface area contributed by atoms with Gasteiger partial charge in [0, 0.05) is 13.1 Å². The second kappa shape index (κ2) is 5.51. The van der Waals surface area contributed by atoms with Crippen LogP contribution in [0.4, 0.5) is 5.69 Å². The largest absolute Gasteiger partial charge is 0.496 e. The number of hydrogen-bond acceptors (Lipinski definition) is 3. The van der Waals surface area contributed by atoms with E-state index < -0.39 is 5.97 Å². The lowest BCUT2D eigenvalue weighted by atomic mass is 9.91. The summed E-state index contributed by atoms with van der Waals surface area (Å²) in [7, 11) is 1.51. The monoisotopic (exact) mass is 263 g/mol. The van der Waals surface area contributed by atoms with Crippen LogP contribution in [0.3, 0.4) is 0 Å². The molecule has 0 spiro atoms. The van der Waals surface area contributed by atoms with E-state index in [1.165, 1.54) is 13.5 Å². The minimum atomic E-state index is -0.932. The average Bonchev–Trinajstić information content (AvgIpc) is 2.36. The van der Waals surface area contributed by atoms with Gasteiger partial charge in [-0.05, 0) is 30.4 Å². The Labute approximate surface area is 114 Å². The Morgan fingerprint density at radius 1 is 1.32 bits per heavy atom. The molecule has 1 aliphatic heterocycles. The molecule has 0 aromatic heterocycles. The quantitative estimate of drug-likeness (QED) is 0.911. The molecule has 2 atom stereocenters. The molecule has 0 amide bonds. The molecule has 2 rings (SSSR count). The molecule has 0 saturated carbocycles. The molecule has 1 aliphatic rings. The number of carbonyl (C=O) groups is 1. The van der Waals surface area contributed by atoms with Crippen LogP contribution in [0.5, 0.6) is 5.75 Å². The molecule has 1 aromatic rings. The molecular weight excluding hydrogens is 242 g/mol. The van der Waals surface area contributed by atoms with E-state index in [0.717, 1.165) is 18.8 Å². The number of ether oxygens (including phenoxy) is 1. The highest BCUT2D eigenvalue weighted by Gasteiger charge is 2.26. The highest BCUT2D eigenvalue weighted by molar-refractivity contribution is 5.97. The molecule has 1 fully saturated rings. The van der Waals surface area contributed by atoms with Gasteiger partial charge in [0.25, 0.3) is 0 Å². The van der Waals surface area contributed by atoms with Crippen LogP contribution < -0.4 is 9.64 Å². The summed E-state index contributed by atoms with van der Waals surface area (Å²) in [5, 5.41) is 9.43. The van der Waals surface area contributed by atoms with Crippen LogP contribution in [-0.4, -0.2) is 31.3 Å². The first-order chi connectivity index (χ1) is 9.02. The van der Waals surface area contributed by atoms with E-state index in [1.807, 2.05) is 12.1 Å². The Morgan fingerprint density at radius 2 is 1.95 bits per heavy atom. The van der Waals surface area contributed by atoms with Gasteiger partial charge in [0.1, 0.15) is 11.3 Å². The summed E-state index contributed by atoms with van der Waals surface area (Å²) in [6.07, 6.45) is 1.20. The first-order valence-electron chi connectivity index (χ1n) is 6.68. The molecule has 1 N–H and O–H groups in total. The molecule has 2 unspecified atom stereocenters. The highest BCUT2D eigenvalue weighted by Crippen LogP contribution is 2.33. The number of aromatic carboxylic acids is 1. The third kappa shape index (κ3) is 2.83. The first-order valence-corrected chi connectivity index (χ1v) is 6.68. The van der Waals surface area contributed by atoms with Gasteiger partial charge in [0.2, 0.25) is 0 Å². The number of methoxy groups -OCH3 is 1. The predicted molar refractivity (Wildman–Crippen MR) is 75.1 cm³/mol. The third-order valence-corrected chi connectivity index (χ3v) is 3.65. The number of benzene rings is 1. The number of carboxylic acid groups (broad SMARTS) is 1. The maximum Gasteiger partial charge on any atom is 0.341 e. The van der Waals surface area contributed by atoms with Crippen LogP contribution in [-0.2, 0) is 0 Å². The van der Waals surface area contributed by atoms with Gasteiger partial charge in [-0.2, -0.15) is 0 Å². The standard InChI is InChI=1S/C15H21NO3/c1-10-7-11(2)9-16(8-10)12-5-4-6-13(19-3)14(12)15(17)18/h4-6,10-11H,7-9H2,1-3H3,(H,17,18). The second-order valence-corrected chi connectivity index (χ2v) is 5.51. The maximum atomic E-state index is 11.5. The topological polar surface area (TPSA) is 49.8 Å². The molecule has 4 heteroatoms. The van der Waals surface area contributed by atoms with E-state index in [4.69, 9.17) is 4.74 Å². The van der Waals surface area contributed by atoms with Gasteiger partial charge in [0.15, 0.2) is 0 Å². The van der Waals surface area contributed by atoms with Crippen molar-refractivity contribution in [2.24, 2.45) is 11.8 Å². The predicted octanol–water partition coefficient (Wildman–Crippen LogP) is 2.88. The van der Waals surface area contributed by atoms with Crippen LogP contribution >= 0.6 is 0 Å². The van der Waals surface area contributed by atoms with Gasteiger partial charge in [-0.25, -0.2) is 4.79 Å². The number of rotatable bonds is 3. The fraction of sp³-hybridized carbons (Fsp3) is 0.533.